The smallest absolute Gasteiger partial charge is 0.257 e. The maximum Gasteiger partial charge on any atom is 0.257 e. The lowest BCUT2D eigenvalue weighted by atomic mass is 10.1. The van der Waals surface area contributed by atoms with Crippen molar-refractivity contribution < 1.29 is 4.79 Å². The Morgan fingerprint density at radius 3 is 2.81 bits per heavy atom. The van der Waals surface area contributed by atoms with Gasteiger partial charge in [0.2, 0.25) is 0 Å². The zero-order valence-electron chi connectivity index (χ0n) is 9.15. The number of nitrogens with zero attached hydrogens (tertiary/aromatic N) is 2. The molecule has 0 bridgehead atoms. The number of pyridine rings is 1. The third kappa shape index (κ3) is 2.14. The molecule has 1 amide bonds. The van der Waals surface area contributed by atoms with Crippen molar-refractivity contribution >= 4 is 11.7 Å². The second-order valence-electron chi connectivity index (χ2n) is 3.90. The predicted octanol–water partition coefficient (Wildman–Crippen LogP) is 0.993. The first-order valence-corrected chi connectivity index (χ1v) is 5.54. The summed E-state index contributed by atoms with van der Waals surface area (Å²) in [6.07, 6.45) is 4.98. The van der Waals surface area contributed by atoms with Crippen molar-refractivity contribution in [3.05, 3.63) is 23.9 Å². The lowest BCUT2D eigenvalue weighted by Gasteiger charge is -2.27. The highest BCUT2D eigenvalue weighted by Crippen LogP contribution is 2.16. The molecule has 0 saturated carbocycles. The van der Waals surface area contributed by atoms with Crippen molar-refractivity contribution in [2.75, 3.05) is 18.5 Å². The van der Waals surface area contributed by atoms with Gasteiger partial charge < -0.3 is 10.3 Å². The Labute approximate surface area is 94.6 Å². The second kappa shape index (κ2) is 4.94. The van der Waals surface area contributed by atoms with Gasteiger partial charge in [0, 0.05) is 19.3 Å². The van der Waals surface area contributed by atoms with Gasteiger partial charge in [-0.1, -0.05) is 0 Å². The van der Waals surface area contributed by atoms with Crippen LogP contribution in [0.25, 0.3) is 0 Å². The van der Waals surface area contributed by atoms with Crippen molar-refractivity contribution in [1.82, 2.24) is 9.88 Å². The quantitative estimate of drug-likeness (QED) is 0.576. The van der Waals surface area contributed by atoms with Crippen LogP contribution in [0.15, 0.2) is 18.3 Å². The summed E-state index contributed by atoms with van der Waals surface area (Å²) in [4.78, 5) is 18.1. The highest BCUT2D eigenvalue weighted by molar-refractivity contribution is 5.98. The molecular weight excluding hydrogens is 204 g/mol. The number of likely N-dealkylation sites (tertiary alicyclic amines) is 1. The summed E-state index contributed by atoms with van der Waals surface area (Å²) in [5, 5.41) is 0. The van der Waals surface area contributed by atoms with Crippen molar-refractivity contribution in [1.29, 1.82) is 0 Å². The van der Waals surface area contributed by atoms with E-state index in [9.17, 15) is 4.79 Å². The highest BCUT2D eigenvalue weighted by Gasteiger charge is 2.20. The van der Waals surface area contributed by atoms with E-state index in [4.69, 9.17) is 5.84 Å². The van der Waals surface area contributed by atoms with Crippen LogP contribution in [-0.2, 0) is 0 Å². The molecule has 0 unspecified atom stereocenters. The fourth-order valence-corrected chi connectivity index (χ4v) is 1.96. The molecule has 1 aromatic heterocycles. The molecule has 0 aliphatic carbocycles. The topological polar surface area (TPSA) is 71.2 Å². The maximum atomic E-state index is 12.2. The summed E-state index contributed by atoms with van der Waals surface area (Å²) in [5.74, 6) is 5.79. The molecule has 1 aliphatic rings. The molecule has 5 heteroatoms. The van der Waals surface area contributed by atoms with Gasteiger partial charge in [-0.2, -0.15) is 0 Å². The number of carbonyl (C=O) groups is 1. The Balaban J connectivity index is 2.19. The first-order chi connectivity index (χ1) is 7.83. The Morgan fingerprint density at radius 2 is 2.12 bits per heavy atom. The number of amides is 1. The Kier molecular flexibility index (Phi) is 3.36. The van der Waals surface area contributed by atoms with E-state index in [1.807, 2.05) is 4.90 Å². The van der Waals surface area contributed by atoms with Gasteiger partial charge in [0.05, 0.1) is 5.56 Å². The van der Waals surface area contributed by atoms with Gasteiger partial charge in [0.25, 0.3) is 5.91 Å². The minimum Gasteiger partial charge on any atom is -0.339 e. The fraction of sp³-hybridized carbons (Fsp3) is 0.455. The van der Waals surface area contributed by atoms with Crippen LogP contribution in [0, 0.1) is 0 Å². The van der Waals surface area contributed by atoms with E-state index in [2.05, 4.69) is 10.4 Å². The van der Waals surface area contributed by atoms with Crippen LogP contribution in [0.2, 0.25) is 0 Å². The van der Waals surface area contributed by atoms with Crippen LogP contribution in [0.5, 0.6) is 0 Å². The zero-order chi connectivity index (χ0) is 11.4. The van der Waals surface area contributed by atoms with E-state index in [-0.39, 0.29) is 5.91 Å². The van der Waals surface area contributed by atoms with Gasteiger partial charge in [-0.15, -0.1) is 0 Å². The van der Waals surface area contributed by atoms with E-state index in [1.54, 1.807) is 18.3 Å². The number of hydrogen-bond donors (Lipinski definition) is 2. The van der Waals surface area contributed by atoms with Gasteiger partial charge in [-0.05, 0) is 31.4 Å². The molecular formula is C11H16N4O. The summed E-state index contributed by atoms with van der Waals surface area (Å²) in [6.45, 7) is 1.66. The summed E-state index contributed by atoms with van der Waals surface area (Å²) >= 11 is 0. The predicted molar refractivity (Wildman–Crippen MR) is 61.8 cm³/mol. The van der Waals surface area contributed by atoms with Crippen LogP contribution in [0.1, 0.15) is 29.6 Å². The van der Waals surface area contributed by atoms with E-state index < -0.39 is 0 Å². The Hall–Kier alpha value is -1.62. The molecule has 1 saturated heterocycles. The SMILES string of the molecule is NNc1ncccc1C(=O)N1CCCCC1. The van der Waals surface area contributed by atoms with Crippen molar-refractivity contribution in [2.24, 2.45) is 5.84 Å². The molecule has 0 spiro atoms. The number of nitrogen functional groups attached to an aromatic ring is 1. The second-order valence-corrected chi connectivity index (χ2v) is 3.90. The van der Waals surface area contributed by atoms with Crippen molar-refractivity contribution in [3.63, 3.8) is 0 Å². The fourth-order valence-electron chi connectivity index (χ4n) is 1.96. The number of nitrogens with two attached hydrogens (primary N) is 1. The van der Waals surface area contributed by atoms with Gasteiger partial charge in [-0.3, -0.25) is 4.79 Å². The van der Waals surface area contributed by atoms with Crippen LogP contribution in [-0.4, -0.2) is 28.9 Å². The molecule has 0 aromatic carbocycles. The summed E-state index contributed by atoms with van der Waals surface area (Å²) in [7, 11) is 0. The Morgan fingerprint density at radius 1 is 1.38 bits per heavy atom. The van der Waals surface area contributed by atoms with E-state index in [0.29, 0.717) is 11.4 Å². The summed E-state index contributed by atoms with van der Waals surface area (Å²) < 4.78 is 0. The maximum absolute atomic E-state index is 12.2. The number of hydrazine groups is 1. The summed E-state index contributed by atoms with van der Waals surface area (Å²) in [6, 6.07) is 3.50. The third-order valence-corrected chi connectivity index (χ3v) is 2.82. The zero-order valence-corrected chi connectivity index (χ0v) is 9.15. The molecule has 0 radical (unpaired) electrons. The van der Waals surface area contributed by atoms with Gasteiger partial charge in [-0.25, -0.2) is 10.8 Å². The molecule has 16 heavy (non-hydrogen) atoms. The number of anilines is 1. The van der Waals surface area contributed by atoms with E-state index in [0.717, 1.165) is 25.9 Å². The molecule has 1 aliphatic heterocycles. The number of rotatable bonds is 2. The highest BCUT2D eigenvalue weighted by atomic mass is 16.2. The molecule has 2 rings (SSSR count). The first-order valence-electron chi connectivity index (χ1n) is 5.54. The van der Waals surface area contributed by atoms with Crippen LogP contribution in [0.4, 0.5) is 5.82 Å². The molecule has 3 N–H and O–H groups in total. The van der Waals surface area contributed by atoms with Crippen LogP contribution >= 0.6 is 0 Å². The van der Waals surface area contributed by atoms with Gasteiger partial charge in [0.15, 0.2) is 5.82 Å². The van der Waals surface area contributed by atoms with Gasteiger partial charge in [0.1, 0.15) is 0 Å². The van der Waals surface area contributed by atoms with Crippen LogP contribution in [0.3, 0.4) is 0 Å². The Bertz CT molecular complexity index is 374. The lowest BCUT2D eigenvalue weighted by Crippen LogP contribution is -2.36. The molecule has 0 atom stereocenters. The molecule has 1 fully saturated rings. The van der Waals surface area contributed by atoms with Crippen LogP contribution < -0.4 is 11.3 Å². The number of nitrogens with one attached hydrogen (secondary N) is 1. The number of carbonyl (C=O) groups excluding carboxylic acids is 1. The number of piperidine rings is 1. The molecule has 86 valence electrons. The monoisotopic (exact) mass is 220 g/mol. The molecule has 1 aromatic rings. The summed E-state index contributed by atoms with van der Waals surface area (Å²) in [5.41, 5.74) is 3.01. The van der Waals surface area contributed by atoms with Gasteiger partial charge >= 0.3 is 0 Å². The number of aromatic nitrogens is 1. The normalized spacial score (nSPS) is 15.9. The average Bonchev–Trinajstić information content (AvgIpc) is 2.39. The average molecular weight is 220 g/mol. The molecule has 5 nitrogen and oxygen atoms in total. The first kappa shape index (κ1) is 10.9. The minimum absolute atomic E-state index is 0.0146. The minimum atomic E-state index is 0.0146. The third-order valence-electron chi connectivity index (χ3n) is 2.82. The number of hydrogen-bond acceptors (Lipinski definition) is 4. The largest absolute Gasteiger partial charge is 0.339 e. The van der Waals surface area contributed by atoms with Crippen molar-refractivity contribution in [3.8, 4) is 0 Å². The molecule has 2 heterocycles. The van der Waals surface area contributed by atoms with Crippen molar-refractivity contribution in [2.45, 2.75) is 19.3 Å². The lowest BCUT2D eigenvalue weighted by molar-refractivity contribution is 0.0725. The van der Waals surface area contributed by atoms with E-state index in [1.165, 1.54) is 6.42 Å². The standard InChI is InChI=1S/C11H16N4O/c12-14-10-9(5-4-6-13-10)11(16)15-7-2-1-3-8-15/h4-6H,1-3,7-8,12H2,(H,13,14). The van der Waals surface area contributed by atoms with E-state index >= 15 is 0 Å².